The Morgan fingerprint density at radius 3 is 2.59 bits per heavy atom. The average molecular weight is 323 g/mol. The van der Waals surface area contributed by atoms with E-state index in [-0.39, 0.29) is 18.3 Å². The summed E-state index contributed by atoms with van der Waals surface area (Å²) in [5.41, 5.74) is 1.15. The number of fused-ring (bicyclic) bond motifs is 1. The van der Waals surface area contributed by atoms with Gasteiger partial charge in [-0.05, 0) is 38.2 Å². The van der Waals surface area contributed by atoms with Crippen LogP contribution in [0.2, 0.25) is 0 Å². The highest BCUT2D eigenvalue weighted by atomic mass is 32.1. The number of carbonyl (C=O) groups excluding carboxylic acids is 2. The Bertz CT molecular complexity index is 593. The van der Waals surface area contributed by atoms with Gasteiger partial charge >= 0.3 is 6.09 Å². The van der Waals surface area contributed by atoms with Gasteiger partial charge in [-0.25, -0.2) is 9.80 Å². The van der Waals surface area contributed by atoms with Crippen LogP contribution in [0.25, 0.3) is 0 Å². The first-order chi connectivity index (χ1) is 10.6. The smallest absolute Gasteiger partial charge is 0.436 e. The number of benzene rings is 1. The zero-order valence-electron chi connectivity index (χ0n) is 12.4. The van der Waals surface area contributed by atoms with E-state index in [9.17, 15) is 9.59 Å². The lowest BCUT2D eigenvalue weighted by Crippen LogP contribution is -2.58. The molecular weight excluding hydrogens is 306 g/mol. The molecule has 1 aliphatic rings. The molecule has 0 atom stereocenters. The van der Waals surface area contributed by atoms with Gasteiger partial charge in [0.2, 0.25) is 5.11 Å². The van der Waals surface area contributed by atoms with Crippen LogP contribution in [0.15, 0.2) is 24.3 Å². The lowest BCUT2D eigenvalue weighted by molar-refractivity contribution is -0.125. The Morgan fingerprint density at radius 2 is 1.91 bits per heavy atom. The number of para-hydroxylation sites is 2. The lowest BCUT2D eigenvalue weighted by atomic mass is 10.2. The van der Waals surface area contributed by atoms with E-state index in [2.05, 4.69) is 5.32 Å². The number of anilines is 2. The first-order valence-corrected chi connectivity index (χ1v) is 7.28. The SMILES string of the molecule is CCOCC(=O)N1c2ccccc2NC(=S)N1C(=O)OCC. The Kier molecular flexibility index (Phi) is 5.29. The van der Waals surface area contributed by atoms with Gasteiger partial charge in [-0.15, -0.1) is 0 Å². The molecule has 22 heavy (non-hydrogen) atoms. The van der Waals surface area contributed by atoms with Gasteiger partial charge in [0.25, 0.3) is 5.91 Å². The topological polar surface area (TPSA) is 71.1 Å². The number of hydrogen-bond donors (Lipinski definition) is 1. The second-order valence-electron chi connectivity index (χ2n) is 4.30. The average Bonchev–Trinajstić information content (AvgIpc) is 2.51. The first-order valence-electron chi connectivity index (χ1n) is 6.87. The quantitative estimate of drug-likeness (QED) is 0.856. The summed E-state index contributed by atoms with van der Waals surface area (Å²) >= 11 is 5.18. The molecule has 0 bridgehead atoms. The van der Waals surface area contributed by atoms with Gasteiger partial charge in [0.1, 0.15) is 6.61 Å². The van der Waals surface area contributed by atoms with Crippen molar-refractivity contribution < 1.29 is 19.1 Å². The van der Waals surface area contributed by atoms with Crippen molar-refractivity contribution in [2.24, 2.45) is 0 Å². The summed E-state index contributed by atoms with van der Waals surface area (Å²) in [6.07, 6.45) is -0.723. The van der Waals surface area contributed by atoms with E-state index in [0.717, 1.165) is 5.01 Å². The summed E-state index contributed by atoms with van der Waals surface area (Å²) < 4.78 is 10.1. The molecule has 0 saturated carbocycles. The summed E-state index contributed by atoms with van der Waals surface area (Å²) in [7, 11) is 0. The van der Waals surface area contributed by atoms with Crippen molar-refractivity contribution in [2.45, 2.75) is 13.8 Å². The van der Waals surface area contributed by atoms with Crippen LogP contribution >= 0.6 is 12.2 Å². The third-order valence-corrected chi connectivity index (χ3v) is 3.15. The molecule has 0 fully saturated rings. The predicted molar refractivity (Wildman–Crippen MR) is 85.5 cm³/mol. The van der Waals surface area contributed by atoms with E-state index >= 15 is 0 Å². The van der Waals surface area contributed by atoms with Crippen molar-refractivity contribution in [1.29, 1.82) is 0 Å². The summed E-state index contributed by atoms with van der Waals surface area (Å²) in [4.78, 5) is 24.6. The Labute approximate surface area is 133 Å². The largest absolute Gasteiger partial charge is 0.448 e. The van der Waals surface area contributed by atoms with Crippen molar-refractivity contribution in [2.75, 3.05) is 30.1 Å². The van der Waals surface area contributed by atoms with Gasteiger partial charge in [0.15, 0.2) is 0 Å². The lowest BCUT2D eigenvalue weighted by Gasteiger charge is -2.38. The number of nitrogens with one attached hydrogen (secondary N) is 1. The third kappa shape index (κ3) is 3.18. The molecule has 118 valence electrons. The van der Waals surface area contributed by atoms with Crippen LogP contribution in [0, 0.1) is 0 Å². The number of nitrogens with zero attached hydrogens (tertiary/aromatic N) is 2. The zero-order chi connectivity index (χ0) is 16.1. The van der Waals surface area contributed by atoms with E-state index < -0.39 is 12.0 Å². The number of ether oxygens (including phenoxy) is 2. The van der Waals surface area contributed by atoms with Crippen molar-refractivity contribution in [3.63, 3.8) is 0 Å². The number of hydrogen-bond acceptors (Lipinski definition) is 5. The van der Waals surface area contributed by atoms with Crippen LogP contribution < -0.4 is 10.3 Å². The molecule has 0 spiro atoms. The molecule has 1 aliphatic heterocycles. The molecular formula is C14H17N3O4S. The van der Waals surface area contributed by atoms with Gasteiger partial charge in [-0.1, -0.05) is 12.1 Å². The number of hydrazine groups is 1. The first kappa shape index (κ1) is 16.2. The van der Waals surface area contributed by atoms with Crippen LogP contribution in [0.4, 0.5) is 16.2 Å². The Morgan fingerprint density at radius 1 is 1.18 bits per heavy atom. The van der Waals surface area contributed by atoms with Gasteiger partial charge in [-0.2, -0.15) is 5.01 Å². The molecule has 2 rings (SSSR count). The molecule has 0 aromatic heterocycles. The molecule has 0 radical (unpaired) electrons. The second-order valence-corrected chi connectivity index (χ2v) is 4.69. The predicted octanol–water partition coefficient (Wildman–Crippen LogP) is 2.14. The van der Waals surface area contributed by atoms with E-state index in [0.29, 0.717) is 18.0 Å². The van der Waals surface area contributed by atoms with Crippen LogP contribution in [-0.2, 0) is 14.3 Å². The highest BCUT2D eigenvalue weighted by molar-refractivity contribution is 7.80. The number of thiocarbonyl (C=S) groups is 1. The minimum atomic E-state index is -0.723. The van der Waals surface area contributed by atoms with Crippen molar-refractivity contribution in [1.82, 2.24) is 5.01 Å². The van der Waals surface area contributed by atoms with Gasteiger partial charge in [-0.3, -0.25) is 4.79 Å². The molecule has 8 heteroatoms. The monoisotopic (exact) mass is 323 g/mol. The van der Waals surface area contributed by atoms with Crippen molar-refractivity contribution in [3.05, 3.63) is 24.3 Å². The molecule has 7 nitrogen and oxygen atoms in total. The van der Waals surface area contributed by atoms with E-state index in [1.807, 2.05) is 0 Å². The fourth-order valence-corrected chi connectivity index (χ4v) is 2.24. The summed E-state index contributed by atoms with van der Waals surface area (Å²) in [6, 6.07) is 7.05. The molecule has 0 unspecified atom stereocenters. The molecule has 0 aliphatic carbocycles. The second kappa shape index (κ2) is 7.19. The molecule has 0 saturated heterocycles. The van der Waals surface area contributed by atoms with E-state index in [4.69, 9.17) is 21.7 Å². The number of amides is 2. The van der Waals surface area contributed by atoms with Crippen LogP contribution in [0.1, 0.15) is 13.8 Å². The molecule has 2 amide bonds. The van der Waals surface area contributed by atoms with Crippen LogP contribution in [-0.4, -0.2) is 41.9 Å². The number of carbonyl (C=O) groups is 2. The van der Waals surface area contributed by atoms with E-state index in [1.54, 1.807) is 38.1 Å². The highest BCUT2D eigenvalue weighted by Gasteiger charge is 2.37. The summed E-state index contributed by atoms with van der Waals surface area (Å²) in [5.74, 6) is -0.411. The summed E-state index contributed by atoms with van der Waals surface area (Å²) in [6.45, 7) is 3.87. The minimum Gasteiger partial charge on any atom is -0.448 e. The maximum absolute atomic E-state index is 12.4. The molecule has 1 N–H and O–H groups in total. The van der Waals surface area contributed by atoms with Gasteiger partial charge in [0, 0.05) is 6.61 Å². The highest BCUT2D eigenvalue weighted by Crippen LogP contribution is 2.32. The summed E-state index contributed by atoms with van der Waals surface area (Å²) in [5, 5.41) is 5.17. The maximum atomic E-state index is 12.4. The standard InChI is InChI=1S/C14H17N3O4S/c1-3-20-9-12(18)16-11-8-6-5-7-10(11)15-13(22)17(16)14(19)21-4-2/h5-8H,3-4,9H2,1-2H3,(H,15,22). The van der Waals surface area contributed by atoms with Gasteiger partial charge < -0.3 is 14.8 Å². The molecule has 1 heterocycles. The minimum absolute atomic E-state index is 0.0713. The molecule has 1 aromatic carbocycles. The van der Waals surface area contributed by atoms with Gasteiger partial charge in [0.05, 0.1) is 18.0 Å². The fraction of sp³-hybridized carbons (Fsp3) is 0.357. The third-order valence-electron chi connectivity index (χ3n) is 2.87. The maximum Gasteiger partial charge on any atom is 0.436 e. The van der Waals surface area contributed by atoms with E-state index in [1.165, 1.54) is 5.01 Å². The number of rotatable bonds is 4. The van der Waals surface area contributed by atoms with Crippen LogP contribution in [0.5, 0.6) is 0 Å². The zero-order valence-corrected chi connectivity index (χ0v) is 13.2. The normalized spacial score (nSPS) is 13.5. The van der Waals surface area contributed by atoms with Crippen molar-refractivity contribution in [3.8, 4) is 0 Å². The molecule has 1 aromatic rings. The van der Waals surface area contributed by atoms with Crippen molar-refractivity contribution >= 4 is 40.7 Å². The fourth-order valence-electron chi connectivity index (χ4n) is 1.98. The Balaban J connectivity index is 2.40. The Hall–Kier alpha value is -2.19. The van der Waals surface area contributed by atoms with Crippen LogP contribution in [0.3, 0.4) is 0 Å².